The van der Waals surface area contributed by atoms with Crippen molar-refractivity contribution in [2.75, 3.05) is 5.32 Å². The van der Waals surface area contributed by atoms with E-state index < -0.39 is 18.0 Å². The average molecular weight is 282 g/mol. The zero-order valence-electron chi connectivity index (χ0n) is 10.1. The van der Waals surface area contributed by atoms with Gasteiger partial charge in [0.1, 0.15) is 0 Å². The molecule has 1 unspecified atom stereocenters. The number of halogens is 3. The molecule has 1 aromatic carbocycles. The van der Waals surface area contributed by atoms with Gasteiger partial charge in [-0.2, -0.15) is 18.2 Å². The van der Waals surface area contributed by atoms with E-state index in [0.717, 1.165) is 4.68 Å². The molecule has 1 aliphatic rings. The first-order valence-corrected chi connectivity index (χ1v) is 5.83. The molecule has 0 fully saturated rings. The average Bonchev–Trinajstić information content (AvgIpc) is 2.82. The van der Waals surface area contributed by atoms with Crippen LogP contribution in [0.25, 0.3) is 0 Å². The number of nitrogens with zero attached hydrogens (tertiary/aromatic N) is 3. The lowest BCUT2D eigenvalue weighted by atomic mass is 10.0. The highest BCUT2D eigenvalue weighted by molar-refractivity contribution is 5.91. The highest BCUT2D eigenvalue weighted by Crippen LogP contribution is 2.33. The van der Waals surface area contributed by atoms with E-state index in [1.54, 1.807) is 30.3 Å². The van der Waals surface area contributed by atoms with Crippen molar-refractivity contribution in [2.45, 2.75) is 18.6 Å². The smallest absolute Gasteiger partial charge is 0.295 e. The molecule has 1 aliphatic heterocycles. The van der Waals surface area contributed by atoms with E-state index in [9.17, 15) is 18.0 Å². The Kier molecular flexibility index (Phi) is 2.73. The van der Waals surface area contributed by atoms with E-state index in [2.05, 4.69) is 15.4 Å². The van der Waals surface area contributed by atoms with Crippen LogP contribution in [0.4, 0.5) is 19.1 Å². The molecule has 1 atom stereocenters. The maximum absolute atomic E-state index is 12.6. The number of benzene rings is 1. The van der Waals surface area contributed by atoms with Crippen LogP contribution in [0.1, 0.15) is 23.9 Å². The quantitative estimate of drug-likeness (QED) is 0.872. The number of hydrogen-bond donors (Lipinski definition) is 1. The van der Waals surface area contributed by atoms with Crippen LogP contribution in [-0.2, 0) is 11.0 Å². The molecule has 1 aromatic heterocycles. The zero-order valence-corrected chi connectivity index (χ0v) is 10.1. The second-order valence-corrected chi connectivity index (χ2v) is 4.38. The van der Waals surface area contributed by atoms with Gasteiger partial charge in [0.15, 0.2) is 0 Å². The number of fused-ring (bicyclic) bond motifs is 1. The summed E-state index contributed by atoms with van der Waals surface area (Å²) < 4.78 is 39.1. The van der Waals surface area contributed by atoms with Crippen molar-refractivity contribution in [3.05, 3.63) is 41.7 Å². The standard InChI is InChI=1S/C12H9F3N4O/c13-12(14,15)10-17-11-16-9(20)6-8(19(11)18-10)7-4-2-1-3-5-7/h1-5,8H,6H2,(H,16,17,18,20). The zero-order chi connectivity index (χ0) is 14.3. The van der Waals surface area contributed by atoms with Crippen LogP contribution in [0.5, 0.6) is 0 Å². The van der Waals surface area contributed by atoms with Crippen molar-refractivity contribution in [1.82, 2.24) is 14.8 Å². The number of amides is 1. The summed E-state index contributed by atoms with van der Waals surface area (Å²) in [5.74, 6) is -1.81. The van der Waals surface area contributed by atoms with Crippen molar-refractivity contribution >= 4 is 11.9 Å². The maximum Gasteiger partial charge on any atom is 0.453 e. The molecule has 0 bridgehead atoms. The Bertz CT molecular complexity index is 650. The van der Waals surface area contributed by atoms with Crippen molar-refractivity contribution in [1.29, 1.82) is 0 Å². The second-order valence-electron chi connectivity index (χ2n) is 4.38. The lowest BCUT2D eigenvalue weighted by Gasteiger charge is -2.23. The van der Waals surface area contributed by atoms with Crippen LogP contribution in [0.3, 0.4) is 0 Å². The van der Waals surface area contributed by atoms with Gasteiger partial charge in [-0.1, -0.05) is 30.3 Å². The Hall–Kier alpha value is -2.38. The molecule has 5 nitrogen and oxygen atoms in total. The second kappa shape index (κ2) is 4.32. The summed E-state index contributed by atoms with van der Waals surface area (Å²) >= 11 is 0. The van der Waals surface area contributed by atoms with Gasteiger partial charge in [-0.25, -0.2) is 4.68 Å². The molecular formula is C12H9F3N4O. The van der Waals surface area contributed by atoms with E-state index >= 15 is 0 Å². The van der Waals surface area contributed by atoms with Crippen LogP contribution < -0.4 is 5.32 Å². The van der Waals surface area contributed by atoms with E-state index in [1.807, 2.05) is 0 Å². The predicted octanol–water partition coefficient (Wildman–Crippen LogP) is 2.23. The molecule has 1 amide bonds. The van der Waals surface area contributed by atoms with Crippen molar-refractivity contribution in [3.8, 4) is 0 Å². The highest BCUT2D eigenvalue weighted by Gasteiger charge is 2.39. The summed E-state index contributed by atoms with van der Waals surface area (Å²) in [6, 6.07) is 8.19. The largest absolute Gasteiger partial charge is 0.453 e. The van der Waals surface area contributed by atoms with Crippen LogP contribution in [0, 0.1) is 0 Å². The van der Waals surface area contributed by atoms with Gasteiger partial charge in [0.25, 0.3) is 5.82 Å². The summed E-state index contributed by atoms with van der Waals surface area (Å²) in [6.07, 6.45) is -4.62. The summed E-state index contributed by atoms with van der Waals surface area (Å²) in [4.78, 5) is 14.9. The number of nitrogens with one attached hydrogen (secondary N) is 1. The Labute approximate surface area is 111 Å². The molecule has 104 valence electrons. The molecule has 1 N–H and O–H groups in total. The van der Waals surface area contributed by atoms with Crippen molar-refractivity contribution in [2.24, 2.45) is 0 Å². The SMILES string of the molecule is O=C1CC(c2ccccc2)n2nc(C(F)(F)F)nc2N1. The first-order chi connectivity index (χ1) is 9.45. The molecule has 2 heterocycles. The van der Waals surface area contributed by atoms with Crippen molar-refractivity contribution in [3.63, 3.8) is 0 Å². The predicted molar refractivity (Wildman–Crippen MR) is 62.9 cm³/mol. The van der Waals surface area contributed by atoms with Gasteiger partial charge in [0.2, 0.25) is 11.9 Å². The minimum absolute atomic E-state index is 0.0255. The van der Waals surface area contributed by atoms with Gasteiger partial charge < -0.3 is 0 Å². The lowest BCUT2D eigenvalue weighted by molar-refractivity contribution is -0.145. The fraction of sp³-hybridized carbons (Fsp3) is 0.250. The third-order valence-electron chi connectivity index (χ3n) is 2.99. The molecule has 0 saturated heterocycles. The number of carbonyl (C=O) groups excluding carboxylic acids is 1. The van der Waals surface area contributed by atoms with E-state index in [-0.39, 0.29) is 18.3 Å². The molecule has 0 spiro atoms. The fourth-order valence-electron chi connectivity index (χ4n) is 2.12. The number of hydrogen-bond acceptors (Lipinski definition) is 3. The molecule has 0 saturated carbocycles. The number of aromatic nitrogens is 3. The van der Waals surface area contributed by atoms with Gasteiger partial charge in [0.05, 0.1) is 12.5 Å². The third kappa shape index (κ3) is 2.13. The molecular weight excluding hydrogens is 273 g/mol. The Morgan fingerprint density at radius 3 is 2.60 bits per heavy atom. The highest BCUT2D eigenvalue weighted by atomic mass is 19.4. The van der Waals surface area contributed by atoms with E-state index in [0.29, 0.717) is 5.56 Å². The maximum atomic E-state index is 12.6. The summed E-state index contributed by atoms with van der Waals surface area (Å²) in [5.41, 5.74) is 0.710. The first-order valence-electron chi connectivity index (χ1n) is 5.83. The lowest BCUT2D eigenvalue weighted by Crippen LogP contribution is -2.29. The number of carbonyl (C=O) groups is 1. The third-order valence-corrected chi connectivity index (χ3v) is 2.99. The number of rotatable bonds is 1. The summed E-state index contributed by atoms with van der Waals surface area (Å²) in [7, 11) is 0. The number of alkyl halides is 3. The molecule has 2 aromatic rings. The summed E-state index contributed by atoms with van der Waals surface area (Å²) in [5, 5.41) is 5.78. The molecule has 0 radical (unpaired) electrons. The van der Waals surface area contributed by atoms with Gasteiger partial charge >= 0.3 is 6.18 Å². The van der Waals surface area contributed by atoms with Gasteiger partial charge in [-0.3, -0.25) is 10.1 Å². The van der Waals surface area contributed by atoms with Crippen LogP contribution in [0.15, 0.2) is 30.3 Å². The number of anilines is 1. The Balaban J connectivity index is 2.08. The van der Waals surface area contributed by atoms with Crippen LogP contribution >= 0.6 is 0 Å². The van der Waals surface area contributed by atoms with E-state index in [4.69, 9.17) is 0 Å². The van der Waals surface area contributed by atoms with E-state index in [1.165, 1.54) is 0 Å². The molecule has 0 aliphatic carbocycles. The van der Waals surface area contributed by atoms with Crippen molar-refractivity contribution < 1.29 is 18.0 Å². The summed E-state index contributed by atoms with van der Waals surface area (Å²) in [6.45, 7) is 0. The van der Waals surface area contributed by atoms with Crippen LogP contribution in [0.2, 0.25) is 0 Å². The monoisotopic (exact) mass is 282 g/mol. The first kappa shape index (κ1) is 12.6. The van der Waals surface area contributed by atoms with Gasteiger partial charge in [-0.05, 0) is 5.56 Å². The van der Waals surface area contributed by atoms with Gasteiger partial charge in [0, 0.05) is 0 Å². The Morgan fingerprint density at radius 1 is 1.25 bits per heavy atom. The molecule has 3 rings (SSSR count). The fourth-order valence-corrected chi connectivity index (χ4v) is 2.12. The molecule has 8 heteroatoms. The molecule has 20 heavy (non-hydrogen) atoms. The Morgan fingerprint density at radius 2 is 1.95 bits per heavy atom. The van der Waals surface area contributed by atoms with Gasteiger partial charge in [-0.15, -0.1) is 5.10 Å². The minimum atomic E-state index is -4.64. The normalized spacial score (nSPS) is 18.6. The topological polar surface area (TPSA) is 59.8 Å². The minimum Gasteiger partial charge on any atom is -0.295 e. The van der Waals surface area contributed by atoms with Crippen LogP contribution in [-0.4, -0.2) is 20.7 Å².